The van der Waals surface area contributed by atoms with Crippen LogP contribution in [0.15, 0.2) is 160 Å². The summed E-state index contributed by atoms with van der Waals surface area (Å²) in [4.78, 5) is 15.8. The third kappa shape index (κ3) is 4.99. The third-order valence-electron chi connectivity index (χ3n) is 14.6. The van der Waals surface area contributed by atoms with Gasteiger partial charge in [0.05, 0.1) is 23.5 Å². The van der Waals surface area contributed by atoms with Crippen LogP contribution in [-0.2, 0) is 5.41 Å². The van der Waals surface area contributed by atoms with Gasteiger partial charge in [-0.2, -0.15) is 0 Å². The molecular weight excluding hydrogens is 749 g/mol. The minimum absolute atomic E-state index is 0.290. The first-order chi connectivity index (χ1) is 30.5. The van der Waals surface area contributed by atoms with Crippen molar-refractivity contribution in [2.24, 2.45) is 17.8 Å². The molecule has 15 rings (SSSR count). The molecule has 292 valence electrons. The summed E-state index contributed by atoms with van der Waals surface area (Å²) in [5, 5.41) is 6.31. The highest BCUT2D eigenvalue weighted by Crippen LogP contribution is 2.61. The molecule has 0 amide bonds. The lowest BCUT2D eigenvalue weighted by molar-refractivity contribution is -0.00513. The van der Waals surface area contributed by atoms with E-state index in [0.717, 1.165) is 83.9 Å². The summed E-state index contributed by atoms with van der Waals surface area (Å²) in [6, 6.07) is 51.1. The van der Waals surface area contributed by atoms with Crippen LogP contribution in [0.25, 0.3) is 106 Å². The second-order valence-corrected chi connectivity index (χ2v) is 18.1. The van der Waals surface area contributed by atoms with Gasteiger partial charge in [-0.05, 0) is 116 Å². The standard InChI is InChI=1S/C55H40N4O2/c1-2-10-37(11-3-1)59-46-27-35(20-22-38(46)39-23-21-36(28-47(39)59)55-29-32-24-33(30-55)26-34(25-32)31-55)52-56-53(44-16-8-14-42-40-12-4-6-18-48(40)60-50(42)44)58-54(57-52)45-17-9-15-43-41-13-5-7-19-49(41)61-51(43)45/h1-23,27-28,32-34H,24-26,29-31H2/i4D. The molecule has 0 saturated heterocycles. The van der Waals surface area contributed by atoms with E-state index in [4.69, 9.17) is 25.2 Å². The third-order valence-corrected chi connectivity index (χ3v) is 14.6. The van der Waals surface area contributed by atoms with Gasteiger partial charge in [-0.25, -0.2) is 15.0 Å². The fourth-order valence-corrected chi connectivity index (χ4v) is 12.3. The number of hydrogen-bond donors (Lipinski definition) is 0. The van der Waals surface area contributed by atoms with Crippen molar-refractivity contribution >= 4 is 65.7 Å². The van der Waals surface area contributed by atoms with Crippen molar-refractivity contribution in [1.29, 1.82) is 0 Å². The quantitative estimate of drug-likeness (QED) is 0.174. The lowest BCUT2D eigenvalue weighted by Crippen LogP contribution is -2.48. The van der Waals surface area contributed by atoms with E-state index in [1.807, 2.05) is 60.7 Å². The van der Waals surface area contributed by atoms with Crippen LogP contribution in [0.1, 0.15) is 45.5 Å². The summed E-state index contributed by atoms with van der Waals surface area (Å²) in [5.41, 5.74) is 10.7. The Morgan fingerprint density at radius 1 is 0.492 bits per heavy atom. The first kappa shape index (κ1) is 32.8. The van der Waals surface area contributed by atoms with Crippen molar-refractivity contribution in [3.05, 3.63) is 157 Å². The molecule has 0 atom stereocenters. The van der Waals surface area contributed by atoms with Crippen molar-refractivity contribution in [2.75, 3.05) is 0 Å². The number of hydrogen-bond acceptors (Lipinski definition) is 5. The Morgan fingerprint density at radius 3 is 1.74 bits per heavy atom. The zero-order valence-electron chi connectivity index (χ0n) is 34.4. The summed E-state index contributed by atoms with van der Waals surface area (Å²) < 4.78 is 23.9. The zero-order valence-corrected chi connectivity index (χ0v) is 33.4. The highest BCUT2D eigenvalue weighted by atomic mass is 16.3. The predicted molar refractivity (Wildman–Crippen MR) is 245 cm³/mol. The second kappa shape index (κ2) is 12.5. The number of fused-ring (bicyclic) bond motifs is 9. The molecule has 4 bridgehead atoms. The molecule has 61 heavy (non-hydrogen) atoms. The Bertz CT molecular complexity index is 3620. The van der Waals surface area contributed by atoms with Crippen LogP contribution < -0.4 is 0 Å². The zero-order chi connectivity index (χ0) is 40.7. The Labute approximate surface area is 352 Å². The number of aromatic nitrogens is 4. The smallest absolute Gasteiger partial charge is 0.167 e. The van der Waals surface area contributed by atoms with Crippen LogP contribution in [0.4, 0.5) is 0 Å². The molecule has 0 radical (unpaired) electrons. The van der Waals surface area contributed by atoms with Gasteiger partial charge in [0.25, 0.3) is 0 Å². The molecule has 6 nitrogen and oxygen atoms in total. The average Bonchev–Trinajstić information content (AvgIpc) is 3.97. The normalized spacial score (nSPS) is 21.2. The topological polar surface area (TPSA) is 69.9 Å². The van der Waals surface area contributed by atoms with E-state index in [2.05, 4.69) is 83.4 Å². The molecule has 4 aliphatic rings. The van der Waals surface area contributed by atoms with Crippen molar-refractivity contribution in [1.82, 2.24) is 19.5 Å². The number of furan rings is 2. The fraction of sp³-hybridized carbons (Fsp3) is 0.182. The van der Waals surface area contributed by atoms with E-state index in [1.54, 1.807) is 6.07 Å². The number of nitrogens with zero attached hydrogens (tertiary/aromatic N) is 4. The van der Waals surface area contributed by atoms with Gasteiger partial charge in [0.15, 0.2) is 17.5 Å². The van der Waals surface area contributed by atoms with Gasteiger partial charge in [-0.1, -0.05) is 103 Å². The van der Waals surface area contributed by atoms with Gasteiger partial charge in [-0.3, -0.25) is 0 Å². The lowest BCUT2D eigenvalue weighted by Gasteiger charge is -2.57. The number of benzene rings is 7. The molecular formula is C55H40N4O2. The predicted octanol–water partition coefficient (Wildman–Crippen LogP) is 14.2. The summed E-state index contributed by atoms with van der Waals surface area (Å²) in [6.07, 6.45) is 8.30. The molecule has 4 heterocycles. The van der Waals surface area contributed by atoms with E-state index in [0.29, 0.717) is 34.5 Å². The molecule has 0 unspecified atom stereocenters. The van der Waals surface area contributed by atoms with Crippen molar-refractivity contribution in [2.45, 2.75) is 43.9 Å². The SMILES string of the molecule is [2H]c1ccc2oc3c(-c4nc(-c5ccc6c7ccc(C89CC%10CC(CC(C%10)C8)C9)cc7n(-c7ccccc7)c6c5)nc(-c5cccc6c5oc5ccccc56)n4)cccc3c2c1. The van der Waals surface area contributed by atoms with E-state index in [-0.39, 0.29) is 0 Å². The van der Waals surface area contributed by atoms with Gasteiger partial charge < -0.3 is 13.4 Å². The maximum absolute atomic E-state index is 8.33. The Balaban J connectivity index is 1.00. The average molecular weight is 790 g/mol. The molecule has 6 heteroatoms. The second-order valence-electron chi connectivity index (χ2n) is 18.1. The lowest BCUT2D eigenvalue weighted by atomic mass is 9.48. The highest BCUT2D eigenvalue weighted by molar-refractivity contribution is 6.12. The highest BCUT2D eigenvalue weighted by Gasteiger charge is 2.51. The molecule has 0 aliphatic heterocycles. The Hall–Kier alpha value is -7.05. The van der Waals surface area contributed by atoms with Gasteiger partial charge in [0.1, 0.15) is 22.3 Å². The number of rotatable bonds is 5. The molecule has 11 aromatic rings. The van der Waals surface area contributed by atoms with Crippen LogP contribution >= 0.6 is 0 Å². The Kier molecular flexibility index (Phi) is 6.71. The molecule has 4 saturated carbocycles. The van der Waals surface area contributed by atoms with E-state index >= 15 is 0 Å². The van der Waals surface area contributed by atoms with Crippen molar-refractivity contribution < 1.29 is 10.2 Å². The van der Waals surface area contributed by atoms with Crippen LogP contribution in [0.5, 0.6) is 0 Å². The fourth-order valence-electron chi connectivity index (χ4n) is 12.3. The van der Waals surface area contributed by atoms with Crippen LogP contribution in [0, 0.1) is 17.8 Å². The maximum atomic E-state index is 8.33. The molecule has 0 N–H and O–H groups in total. The monoisotopic (exact) mass is 789 g/mol. The first-order valence-electron chi connectivity index (χ1n) is 22.3. The van der Waals surface area contributed by atoms with Gasteiger partial charge >= 0.3 is 0 Å². The minimum atomic E-state index is 0.290. The van der Waals surface area contributed by atoms with Crippen LogP contribution in [-0.4, -0.2) is 19.5 Å². The van der Waals surface area contributed by atoms with E-state index in [1.165, 1.54) is 60.4 Å². The summed E-state index contributed by atoms with van der Waals surface area (Å²) in [7, 11) is 0. The summed E-state index contributed by atoms with van der Waals surface area (Å²) in [6.45, 7) is 0. The van der Waals surface area contributed by atoms with Gasteiger partial charge in [-0.15, -0.1) is 0 Å². The van der Waals surface area contributed by atoms with E-state index < -0.39 is 0 Å². The molecule has 4 aliphatic carbocycles. The molecule has 0 spiro atoms. The first-order valence-corrected chi connectivity index (χ1v) is 21.8. The van der Waals surface area contributed by atoms with Gasteiger partial charge in [0.2, 0.25) is 0 Å². The summed E-state index contributed by atoms with van der Waals surface area (Å²) >= 11 is 0. The van der Waals surface area contributed by atoms with Crippen molar-refractivity contribution in [3.63, 3.8) is 0 Å². The maximum Gasteiger partial charge on any atom is 0.167 e. The number of para-hydroxylation sites is 5. The Morgan fingerprint density at radius 2 is 1.05 bits per heavy atom. The van der Waals surface area contributed by atoms with Crippen molar-refractivity contribution in [3.8, 4) is 39.9 Å². The van der Waals surface area contributed by atoms with E-state index in [9.17, 15) is 0 Å². The summed E-state index contributed by atoms with van der Waals surface area (Å²) in [5.74, 6) is 4.20. The molecule has 7 aromatic carbocycles. The molecule has 4 aromatic heterocycles. The minimum Gasteiger partial charge on any atom is -0.455 e. The van der Waals surface area contributed by atoms with Crippen LogP contribution in [0.2, 0.25) is 0 Å². The largest absolute Gasteiger partial charge is 0.455 e. The molecule has 4 fully saturated rings. The van der Waals surface area contributed by atoms with Crippen LogP contribution in [0.3, 0.4) is 0 Å². The van der Waals surface area contributed by atoms with Gasteiger partial charge in [0, 0.05) is 43.6 Å².